The van der Waals surface area contributed by atoms with E-state index in [4.69, 9.17) is 11.6 Å². The second-order valence-corrected chi connectivity index (χ2v) is 7.47. The lowest BCUT2D eigenvalue weighted by molar-refractivity contribution is -0.384. The van der Waals surface area contributed by atoms with Crippen LogP contribution in [0.1, 0.15) is 6.42 Å². The van der Waals surface area contributed by atoms with Crippen molar-refractivity contribution in [2.24, 2.45) is 35.5 Å². The summed E-state index contributed by atoms with van der Waals surface area (Å²) in [6.45, 7) is 0. The van der Waals surface area contributed by atoms with Gasteiger partial charge < -0.3 is 0 Å². The molecular weight excluding hydrogens is 332 g/mol. The van der Waals surface area contributed by atoms with Crippen molar-refractivity contribution in [2.45, 2.75) is 6.42 Å². The van der Waals surface area contributed by atoms with Crippen LogP contribution in [0.25, 0.3) is 0 Å². The van der Waals surface area contributed by atoms with Crippen molar-refractivity contribution in [3.05, 3.63) is 45.5 Å². The molecule has 24 heavy (non-hydrogen) atoms. The first-order chi connectivity index (χ1) is 11.5. The van der Waals surface area contributed by atoms with E-state index in [0.717, 1.165) is 11.3 Å². The van der Waals surface area contributed by atoms with Crippen LogP contribution in [0.2, 0.25) is 5.02 Å². The Morgan fingerprint density at radius 1 is 1.08 bits per heavy atom. The van der Waals surface area contributed by atoms with Crippen LogP contribution in [0.15, 0.2) is 30.4 Å². The lowest BCUT2D eigenvalue weighted by atomic mass is 9.63. The van der Waals surface area contributed by atoms with Crippen molar-refractivity contribution in [3.8, 4) is 0 Å². The Labute approximate surface area is 142 Å². The molecule has 0 unspecified atom stereocenters. The van der Waals surface area contributed by atoms with Gasteiger partial charge in [0, 0.05) is 12.1 Å². The van der Waals surface area contributed by atoms with Crippen molar-refractivity contribution in [1.29, 1.82) is 0 Å². The van der Waals surface area contributed by atoms with Crippen LogP contribution < -0.4 is 4.90 Å². The number of halogens is 1. The number of carbonyl (C=O) groups excluding carboxylic acids is 2. The van der Waals surface area contributed by atoms with E-state index in [1.165, 1.54) is 18.2 Å². The molecule has 7 heteroatoms. The summed E-state index contributed by atoms with van der Waals surface area (Å²) in [4.78, 5) is 37.5. The van der Waals surface area contributed by atoms with Crippen LogP contribution in [-0.4, -0.2) is 16.7 Å². The number of anilines is 1. The minimum absolute atomic E-state index is 0.115. The van der Waals surface area contributed by atoms with E-state index in [1.807, 2.05) is 0 Å². The summed E-state index contributed by atoms with van der Waals surface area (Å²) in [5.74, 6) is 0.0391. The number of hydrogen-bond acceptors (Lipinski definition) is 4. The first kappa shape index (κ1) is 14.2. The van der Waals surface area contributed by atoms with E-state index in [2.05, 4.69) is 12.2 Å². The number of rotatable bonds is 2. The molecular formula is C17H13ClN2O4. The number of imide groups is 1. The van der Waals surface area contributed by atoms with Gasteiger partial charge in [0.25, 0.3) is 5.69 Å². The fourth-order valence-electron chi connectivity index (χ4n) is 4.98. The number of nitro benzene ring substituents is 1. The Bertz CT molecular complexity index is 815. The molecule has 6 atom stereocenters. The number of allylic oxidation sites excluding steroid dienone is 2. The number of hydrogen-bond donors (Lipinski definition) is 0. The SMILES string of the molecule is O=C1[C@@H]2[C@H]3C=C[C@@H]([C@@H]4C[C@H]34)[C@@H]2C(=O)N1c1cc([N+](=O)[O-])ccc1Cl. The number of non-ortho nitro benzene ring substituents is 1. The van der Waals surface area contributed by atoms with Crippen molar-refractivity contribution in [2.75, 3.05) is 4.90 Å². The zero-order valence-electron chi connectivity index (χ0n) is 12.5. The van der Waals surface area contributed by atoms with Crippen LogP contribution in [-0.2, 0) is 9.59 Å². The van der Waals surface area contributed by atoms with Crippen LogP contribution in [0.5, 0.6) is 0 Å². The molecule has 0 spiro atoms. The van der Waals surface area contributed by atoms with Gasteiger partial charge in [-0.3, -0.25) is 19.7 Å². The molecule has 0 N–H and O–H groups in total. The standard InChI is InChI=1S/C17H13ClN2O4/c18-12-4-1-7(20(23)24)5-13(12)19-16(21)14-8-2-3-9(11-6-10(8)11)15(14)17(19)22/h1-5,8-11,14-15H,6H2/t8-,9-,10-,11+,14-,15+/m0/s1. The van der Waals surface area contributed by atoms with E-state index < -0.39 is 4.92 Å². The highest BCUT2D eigenvalue weighted by atomic mass is 35.5. The Morgan fingerprint density at radius 2 is 1.67 bits per heavy atom. The minimum atomic E-state index is -0.557. The molecule has 1 aromatic rings. The summed E-state index contributed by atoms with van der Waals surface area (Å²) in [6, 6.07) is 3.85. The highest BCUT2D eigenvalue weighted by molar-refractivity contribution is 6.36. The van der Waals surface area contributed by atoms with Gasteiger partial charge in [-0.05, 0) is 36.2 Å². The molecule has 4 aliphatic carbocycles. The maximum atomic E-state index is 13.0. The van der Waals surface area contributed by atoms with Gasteiger partial charge in [0.2, 0.25) is 11.8 Å². The molecule has 6 nitrogen and oxygen atoms in total. The van der Waals surface area contributed by atoms with E-state index in [-0.39, 0.29) is 51.9 Å². The third-order valence-electron chi connectivity index (χ3n) is 6.04. The molecule has 5 aliphatic rings. The third-order valence-corrected chi connectivity index (χ3v) is 6.36. The monoisotopic (exact) mass is 344 g/mol. The Hall–Kier alpha value is -2.21. The average Bonchev–Trinajstić information content (AvgIpc) is 3.33. The number of amides is 2. The second-order valence-electron chi connectivity index (χ2n) is 7.06. The fraction of sp³-hybridized carbons (Fsp3) is 0.412. The van der Waals surface area contributed by atoms with Crippen molar-refractivity contribution >= 4 is 34.8 Å². The zero-order valence-corrected chi connectivity index (χ0v) is 13.2. The molecule has 122 valence electrons. The van der Waals surface area contributed by atoms with Gasteiger partial charge in [-0.25, -0.2) is 4.90 Å². The van der Waals surface area contributed by atoms with E-state index in [0.29, 0.717) is 11.8 Å². The van der Waals surface area contributed by atoms with Crippen LogP contribution in [0.4, 0.5) is 11.4 Å². The fourth-order valence-corrected chi connectivity index (χ4v) is 5.18. The Morgan fingerprint density at radius 3 is 2.21 bits per heavy atom. The molecule has 1 heterocycles. The number of nitro groups is 1. The van der Waals surface area contributed by atoms with Gasteiger partial charge in [-0.1, -0.05) is 23.8 Å². The van der Waals surface area contributed by atoms with Gasteiger partial charge in [-0.15, -0.1) is 0 Å². The topological polar surface area (TPSA) is 80.5 Å². The predicted molar refractivity (Wildman–Crippen MR) is 85.3 cm³/mol. The molecule has 6 rings (SSSR count). The molecule has 2 saturated carbocycles. The molecule has 0 aromatic heterocycles. The maximum Gasteiger partial charge on any atom is 0.271 e. The Balaban J connectivity index is 1.60. The summed E-state index contributed by atoms with van der Waals surface area (Å²) >= 11 is 6.15. The Kier molecular flexibility index (Phi) is 2.62. The van der Waals surface area contributed by atoms with E-state index >= 15 is 0 Å². The lowest BCUT2D eigenvalue weighted by Crippen LogP contribution is -2.40. The quantitative estimate of drug-likeness (QED) is 0.357. The van der Waals surface area contributed by atoms with Gasteiger partial charge in [-0.2, -0.15) is 0 Å². The third kappa shape index (κ3) is 1.61. The smallest absolute Gasteiger partial charge is 0.271 e. The van der Waals surface area contributed by atoms with Gasteiger partial charge >= 0.3 is 0 Å². The normalized spacial score (nSPS) is 38.3. The van der Waals surface area contributed by atoms with E-state index in [1.54, 1.807) is 0 Å². The molecule has 0 radical (unpaired) electrons. The summed E-state index contributed by atoms with van der Waals surface area (Å²) in [6.07, 6.45) is 5.26. The van der Waals surface area contributed by atoms with Crippen LogP contribution in [0, 0.1) is 45.6 Å². The van der Waals surface area contributed by atoms with E-state index in [9.17, 15) is 19.7 Å². The molecule has 3 fully saturated rings. The molecule has 2 bridgehead atoms. The summed E-state index contributed by atoms with van der Waals surface area (Å²) in [5.41, 5.74) is -0.0582. The average molecular weight is 345 g/mol. The minimum Gasteiger partial charge on any atom is -0.274 e. The first-order valence-corrected chi connectivity index (χ1v) is 8.37. The predicted octanol–water partition coefficient (Wildman–Crippen LogP) is 2.81. The largest absolute Gasteiger partial charge is 0.274 e. The second kappa shape index (κ2) is 4.45. The molecule has 2 amide bonds. The first-order valence-electron chi connectivity index (χ1n) is 7.99. The highest BCUT2D eigenvalue weighted by Gasteiger charge is 2.67. The number of carbonyl (C=O) groups is 2. The van der Waals surface area contributed by atoms with Gasteiger partial charge in [0.05, 0.1) is 27.5 Å². The van der Waals surface area contributed by atoms with Crippen LogP contribution in [0.3, 0.4) is 0 Å². The van der Waals surface area contributed by atoms with Crippen molar-refractivity contribution in [1.82, 2.24) is 0 Å². The molecule has 1 aliphatic heterocycles. The molecule has 1 saturated heterocycles. The van der Waals surface area contributed by atoms with Gasteiger partial charge in [0.1, 0.15) is 0 Å². The lowest BCUT2D eigenvalue weighted by Gasteiger charge is -2.37. The van der Waals surface area contributed by atoms with Gasteiger partial charge in [0.15, 0.2) is 0 Å². The summed E-state index contributed by atoms with van der Waals surface area (Å²) in [5, 5.41) is 11.2. The summed E-state index contributed by atoms with van der Waals surface area (Å²) < 4.78 is 0. The van der Waals surface area contributed by atoms with Crippen LogP contribution >= 0.6 is 11.6 Å². The molecule has 1 aromatic carbocycles. The maximum absolute atomic E-state index is 13.0. The number of benzene rings is 1. The number of nitrogens with zero attached hydrogens (tertiary/aromatic N) is 2. The zero-order chi connectivity index (χ0) is 16.7. The van der Waals surface area contributed by atoms with Crippen molar-refractivity contribution < 1.29 is 14.5 Å². The van der Waals surface area contributed by atoms with Crippen molar-refractivity contribution in [3.63, 3.8) is 0 Å². The summed E-state index contributed by atoms with van der Waals surface area (Å²) in [7, 11) is 0. The highest BCUT2D eigenvalue weighted by Crippen LogP contribution is 2.65.